The van der Waals surface area contributed by atoms with E-state index in [9.17, 15) is 31.4 Å². The Balaban J connectivity index is 1.62. The fourth-order valence-electron chi connectivity index (χ4n) is 3.12. The van der Waals surface area contributed by atoms with Crippen LogP contribution in [0.2, 0.25) is 0 Å². The Hall–Kier alpha value is -2.70. The molecule has 0 saturated heterocycles. The number of halogens is 6. The SMILES string of the molecule is C[C@](N)(CO)c1nnc(-c2ccc(OCCCCc3ccc(C(F)(F)F)cc3)c(C(F)(F)F)c2)s1. The Labute approximate surface area is 201 Å². The van der Waals surface area contributed by atoms with Crippen molar-refractivity contribution in [1.82, 2.24) is 10.2 Å². The fraction of sp³-hybridized carbons (Fsp3) is 0.391. The third kappa shape index (κ3) is 6.92. The lowest BCUT2D eigenvalue weighted by Crippen LogP contribution is -2.36. The Morgan fingerprint density at radius 1 is 0.943 bits per heavy atom. The first-order valence-electron chi connectivity index (χ1n) is 10.6. The lowest BCUT2D eigenvalue weighted by atomic mass is 10.1. The summed E-state index contributed by atoms with van der Waals surface area (Å²) in [4.78, 5) is 0. The minimum Gasteiger partial charge on any atom is -0.493 e. The molecule has 0 spiro atoms. The van der Waals surface area contributed by atoms with Crippen LogP contribution in [0.5, 0.6) is 5.75 Å². The van der Waals surface area contributed by atoms with Crippen LogP contribution in [0.3, 0.4) is 0 Å². The smallest absolute Gasteiger partial charge is 0.419 e. The van der Waals surface area contributed by atoms with Crippen molar-refractivity contribution in [2.45, 2.75) is 44.1 Å². The quantitative estimate of drug-likeness (QED) is 0.276. The second kappa shape index (κ2) is 10.5. The molecule has 2 aromatic carbocycles. The van der Waals surface area contributed by atoms with E-state index >= 15 is 0 Å². The van der Waals surface area contributed by atoms with E-state index in [1.807, 2.05) is 0 Å². The molecule has 12 heteroatoms. The first kappa shape index (κ1) is 26.9. The summed E-state index contributed by atoms with van der Waals surface area (Å²) >= 11 is 0.989. The molecule has 0 unspecified atom stereocenters. The molecule has 0 aliphatic rings. The molecule has 0 saturated carbocycles. The van der Waals surface area contributed by atoms with E-state index in [0.29, 0.717) is 24.8 Å². The number of benzene rings is 2. The minimum absolute atomic E-state index is 0.00798. The molecular formula is C23H23F6N3O2S. The Kier molecular flexibility index (Phi) is 8.07. The Morgan fingerprint density at radius 3 is 2.23 bits per heavy atom. The second-order valence-corrected chi connectivity index (χ2v) is 9.17. The van der Waals surface area contributed by atoms with Gasteiger partial charge in [0, 0.05) is 5.56 Å². The van der Waals surface area contributed by atoms with Gasteiger partial charge >= 0.3 is 12.4 Å². The van der Waals surface area contributed by atoms with E-state index in [0.717, 1.165) is 29.5 Å². The van der Waals surface area contributed by atoms with Crippen LogP contribution in [0.15, 0.2) is 42.5 Å². The summed E-state index contributed by atoms with van der Waals surface area (Å²) in [6.45, 7) is 1.14. The van der Waals surface area contributed by atoms with Gasteiger partial charge in [-0.25, -0.2) is 0 Å². The molecule has 0 fully saturated rings. The number of aliphatic hydroxyl groups excluding tert-OH is 1. The van der Waals surface area contributed by atoms with Crippen LogP contribution in [-0.4, -0.2) is 28.5 Å². The predicted molar refractivity (Wildman–Crippen MR) is 119 cm³/mol. The molecule has 1 atom stereocenters. The summed E-state index contributed by atoms with van der Waals surface area (Å²) < 4.78 is 84.2. The molecule has 3 aromatic rings. The second-order valence-electron chi connectivity index (χ2n) is 8.20. The largest absolute Gasteiger partial charge is 0.493 e. The molecular weight excluding hydrogens is 496 g/mol. The van der Waals surface area contributed by atoms with Crippen molar-refractivity contribution in [3.05, 3.63) is 64.2 Å². The van der Waals surface area contributed by atoms with E-state index in [1.165, 1.54) is 31.2 Å². The predicted octanol–water partition coefficient (Wildman–Crippen LogP) is 5.81. The molecule has 0 aliphatic carbocycles. The highest BCUT2D eigenvalue weighted by molar-refractivity contribution is 7.14. The van der Waals surface area contributed by atoms with Gasteiger partial charge in [-0.1, -0.05) is 23.5 Å². The number of aromatic nitrogens is 2. The van der Waals surface area contributed by atoms with E-state index in [2.05, 4.69) is 10.2 Å². The van der Waals surface area contributed by atoms with Crippen LogP contribution >= 0.6 is 11.3 Å². The number of hydrogen-bond acceptors (Lipinski definition) is 6. The number of aliphatic hydroxyl groups is 1. The average Bonchev–Trinajstić information content (AvgIpc) is 3.29. The summed E-state index contributed by atoms with van der Waals surface area (Å²) in [5.74, 6) is -0.334. The molecule has 1 heterocycles. The standard InChI is InChI=1S/C23H23F6N3O2S/c1-21(30,13-33)20-32-31-19(35-20)15-7-10-18(17(12-15)23(27,28)29)34-11-3-2-4-14-5-8-16(9-6-14)22(24,25)26/h5-10,12,33H,2-4,11,13,30H2,1H3/t21-/m0/s1. The summed E-state index contributed by atoms with van der Waals surface area (Å²) in [7, 11) is 0. The Bertz CT molecular complexity index is 1130. The van der Waals surface area contributed by atoms with Crippen molar-refractivity contribution >= 4 is 11.3 Å². The zero-order chi connectivity index (χ0) is 25.9. The molecule has 5 nitrogen and oxygen atoms in total. The van der Waals surface area contributed by atoms with Crippen molar-refractivity contribution < 1.29 is 36.2 Å². The van der Waals surface area contributed by atoms with Gasteiger partial charge in [-0.05, 0) is 62.1 Å². The first-order chi connectivity index (χ1) is 16.3. The number of aryl methyl sites for hydroxylation is 1. The average molecular weight is 520 g/mol. The summed E-state index contributed by atoms with van der Waals surface area (Å²) in [5, 5.41) is 17.6. The number of alkyl halides is 6. The minimum atomic E-state index is -4.67. The number of nitrogens with zero attached hydrogens (tertiary/aromatic N) is 2. The zero-order valence-corrected chi connectivity index (χ0v) is 19.4. The normalized spacial score (nSPS) is 14.1. The van der Waals surface area contributed by atoms with Gasteiger partial charge in [0.25, 0.3) is 0 Å². The van der Waals surface area contributed by atoms with Gasteiger partial charge < -0.3 is 15.6 Å². The van der Waals surface area contributed by atoms with E-state index in [1.54, 1.807) is 0 Å². The highest BCUT2D eigenvalue weighted by Crippen LogP contribution is 2.40. The van der Waals surface area contributed by atoms with Gasteiger partial charge in [-0.2, -0.15) is 26.3 Å². The van der Waals surface area contributed by atoms with Gasteiger partial charge in [-0.3, -0.25) is 0 Å². The monoisotopic (exact) mass is 519 g/mol. The van der Waals surface area contributed by atoms with Crippen LogP contribution in [0, 0.1) is 0 Å². The third-order valence-electron chi connectivity index (χ3n) is 5.17. The van der Waals surface area contributed by atoms with Crippen molar-refractivity contribution in [2.24, 2.45) is 5.73 Å². The van der Waals surface area contributed by atoms with Crippen molar-refractivity contribution in [3.8, 4) is 16.3 Å². The number of rotatable bonds is 9. The van der Waals surface area contributed by atoms with Crippen LogP contribution in [0.1, 0.15) is 41.5 Å². The van der Waals surface area contributed by atoms with Crippen LogP contribution < -0.4 is 10.5 Å². The maximum atomic E-state index is 13.7. The maximum absolute atomic E-state index is 13.7. The van der Waals surface area contributed by atoms with Gasteiger partial charge in [-0.15, -0.1) is 10.2 Å². The van der Waals surface area contributed by atoms with E-state index < -0.39 is 35.6 Å². The topological polar surface area (TPSA) is 81.3 Å². The van der Waals surface area contributed by atoms with Crippen molar-refractivity contribution in [2.75, 3.05) is 13.2 Å². The third-order valence-corrected chi connectivity index (χ3v) is 6.42. The summed E-state index contributed by atoms with van der Waals surface area (Å²) in [6.07, 6.45) is -7.66. The zero-order valence-electron chi connectivity index (χ0n) is 18.6. The fourth-order valence-corrected chi connectivity index (χ4v) is 4.01. The molecule has 1 aromatic heterocycles. The molecule has 35 heavy (non-hydrogen) atoms. The van der Waals surface area contributed by atoms with Gasteiger partial charge in [0.2, 0.25) is 0 Å². The molecule has 3 N–H and O–H groups in total. The lowest BCUT2D eigenvalue weighted by molar-refractivity contribution is -0.139. The lowest BCUT2D eigenvalue weighted by Gasteiger charge is -2.17. The highest BCUT2D eigenvalue weighted by Gasteiger charge is 2.35. The maximum Gasteiger partial charge on any atom is 0.419 e. The Morgan fingerprint density at radius 2 is 1.63 bits per heavy atom. The molecule has 0 aliphatic heterocycles. The number of hydrogen-bond donors (Lipinski definition) is 2. The summed E-state index contributed by atoms with van der Waals surface area (Å²) in [5.41, 5.74) is 3.93. The van der Waals surface area contributed by atoms with Crippen LogP contribution in [0.4, 0.5) is 26.3 Å². The van der Waals surface area contributed by atoms with Crippen LogP contribution in [-0.2, 0) is 24.3 Å². The van der Waals surface area contributed by atoms with Crippen molar-refractivity contribution in [1.29, 1.82) is 0 Å². The summed E-state index contributed by atoms with van der Waals surface area (Å²) in [6, 6.07) is 8.35. The van der Waals surface area contributed by atoms with E-state index in [-0.39, 0.29) is 27.9 Å². The van der Waals surface area contributed by atoms with Crippen LogP contribution in [0.25, 0.3) is 10.6 Å². The molecule has 3 rings (SSSR count). The molecule has 0 amide bonds. The molecule has 0 radical (unpaired) electrons. The highest BCUT2D eigenvalue weighted by atomic mass is 32.1. The molecule has 0 bridgehead atoms. The van der Waals surface area contributed by atoms with E-state index in [4.69, 9.17) is 10.5 Å². The molecule has 190 valence electrons. The van der Waals surface area contributed by atoms with Gasteiger partial charge in [0.1, 0.15) is 15.8 Å². The number of unbranched alkanes of at least 4 members (excludes halogenated alkanes) is 1. The first-order valence-corrected chi connectivity index (χ1v) is 11.4. The number of ether oxygens (including phenoxy) is 1. The van der Waals surface area contributed by atoms with Gasteiger partial charge in [0.05, 0.1) is 29.9 Å². The van der Waals surface area contributed by atoms with Gasteiger partial charge in [0.15, 0.2) is 0 Å². The number of nitrogens with two attached hydrogens (primary N) is 1. The van der Waals surface area contributed by atoms with Crippen molar-refractivity contribution in [3.63, 3.8) is 0 Å².